The zero-order valence-electron chi connectivity index (χ0n) is 12.8. The van der Waals surface area contributed by atoms with E-state index in [1.807, 2.05) is 0 Å². The van der Waals surface area contributed by atoms with Gasteiger partial charge in [-0.3, -0.25) is 0 Å². The van der Waals surface area contributed by atoms with Gasteiger partial charge in [0.25, 0.3) is 0 Å². The highest BCUT2D eigenvalue weighted by atomic mass is 19.3. The molecule has 1 fully saturated rings. The molecular weight excluding hydrogens is 341 g/mol. The normalized spacial score (nSPS) is 19.4. The van der Waals surface area contributed by atoms with Crippen LogP contribution in [0.3, 0.4) is 0 Å². The molecule has 7 nitrogen and oxygen atoms in total. The zero-order chi connectivity index (χ0) is 18.0. The highest BCUT2D eigenvalue weighted by Gasteiger charge is 2.30. The highest BCUT2D eigenvalue weighted by molar-refractivity contribution is 5.60. The lowest BCUT2D eigenvalue weighted by molar-refractivity contribution is -0.0557. The minimum Gasteiger partial charge on any atom is -0.486 e. The van der Waals surface area contributed by atoms with Crippen LogP contribution >= 0.6 is 0 Å². The smallest absolute Gasteiger partial charge is 0.387 e. The van der Waals surface area contributed by atoms with Crippen LogP contribution in [-0.4, -0.2) is 33.9 Å². The Morgan fingerprint density at radius 1 is 1.28 bits per heavy atom. The number of nitrogen functional groups attached to an aromatic ring is 1. The van der Waals surface area contributed by atoms with Crippen LogP contribution in [0.15, 0.2) is 24.4 Å². The average Bonchev–Trinajstić information content (AvgIpc) is 2.51. The highest BCUT2D eigenvalue weighted by Crippen LogP contribution is 2.36. The summed E-state index contributed by atoms with van der Waals surface area (Å²) >= 11 is 0. The molecule has 25 heavy (non-hydrogen) atoms. The molecule has 0 saturated heterocycles. The summed E-state index contributed by atoms with van der Waals surface area (Å²) in [5.74, 6) is -1.17. The number of ether oxygens (including phenoxy) is 2. The summed E-state index contributed by atoms with van der Waals surface area (Å²) < 4.78 is 48.4. The minimum absolute atomic E-state index is 0.00215. The van der Waals surface area contributed by atoms with E-state index in [1.54, 1.807) is 0 Å². The van der Waals surface area contributed by atoms with Crippen LogP contribution in [0.25, 0.3) is 0 Å². The van der Waals surface area contributed by atoms with E-state index >= 15 is 0 Å². The topological polar surface area (TPSA) is 103 Å². The molecule has 0 aliphatic heterocycles. The first-order valence-electron chi connectivity index (χ1n) is 7.39. The number of aromatic nitrogens is 2. The van der Waals surface area contributed by atoms with Crippen molar-refractivity contribution in [1.29, 1.82) is 0 Å². The van der Waals surface area contributed by atoms with Crippen molar-refractivity contribution >= 4 is 17.5 Å². The monoisotopic (exact) mass is 356 g/mol. The van der Waals surface area contributed by atoms with Gasteiger partial charge in [-0.2, -0.15) is 13.8 Å². The number of benzene rings is 1. The molecule has 1 aliphatic rings. The van der Waals surface area contributed by atoms with Crippen LogP contribution in [0.2, 0.25) is 0 Å². The first kappa shape index (κ1) is 17.1. The van der Waals surface area contributed by atoms with Crippen molar-refractivity contribution in [2.24, 2.45) is 0 Å². The third-order valence-electron chi connectivity index (χ3n) is 3.55. The van der Waals surface area contributed by atoms with Gasteiger partial charge < -0.3 is 25.6 Å². The first-order valence-corrected chi connectivity index (χ1v) is 7.39. The molecule has 0 radical (unpaired) electrons. The van der Waals surface area contributed by atoms with E-state index < -0.39 is 18.5 Å². The standard InChI is InChI=1S/C15H15F3N4O3/c16-10-6-20-15(22-13(10)19)21-7-1-2-11(12(3-7)25-14(17)18)24-9-4-8(23)5-9/h1-3,6,8-9,14,23H,4-5H2,(H3,19,20,21,22). The van der Waals surface area contributed by atoms with Crippen LogP contribution < -0.4 is 20.5 Å². The molecule has 1 aliphatic carbocycles. The van der Waals surface area contributed by atoms with Gasteiger partial charge in [0.2, 0.25) is 5.95 Å². The van der Waals surface area contributed by atoms with E-state index in [0.717, 1.165) is 6.20 Å². The van der Waals surface area contributed by atoms with Crippen molar-refractivity contribution < 1.29 is 27.8 Å². The number of nitrogens with two attached hydrogens (primary N) is 1. The number of nitrogens with one attached hydrogen (secondary N) is 1. The molecule has 1 aromatic carbocycles. The van der Waals surface area contributed by atoms with E-state index in [4.69, 9.17) is 10.5 Å². The Morgan fingerprint density at radius 3 is 2.68 bits per heavy atom. The van der Waals surface area contributed by atoms with Crippen molar-refractivity contribution in [3.8, 4) is 11.5 Å². The first-order chi connectivity index (χ1) is 11.9. The maximum atomic E-state index is 13.1. The van der Waals surface area contributed by atoms with Crippen LogP contribution in [0, 0.1) is 5.82 Å². The number of aliphatic hydroxyl groups is 1. The second-order valence-electron chi connectivity index (χ2n) is 5.46. The van der Waals surface area contributed by atoms with Crippen molar-refractivity contribution in [1.82, 2.24) is 9.97 Å². The SMILES string of the molecule is Nc1nc(Nc2ccc(OC3CC(O)C3)c(OC(F)F)c2)ncc1F. The molecule has 0 spiro atoms. The molecule has 1 saturated carbocycles. The third kappa shape index (κ3) is 4.21. The lowest BCUT2D eigenvalue weighted by atomic mass is 9.92. The van der Waals surface area contributed by atoms with Crippen molar-refractivity contribution in [3.05, 3.63) is 30.2 Å². The number of aliphatic hydroxyl groups excluding tert-OH is 1. The van der Waals surface area contributed by atoms with Crippen LogP contribution in [0.1, 0.15) is 12.8 Å². The van der Waals surface area contributed by atoms with Crippen LogP contribution in [-0.2, 0) is 0 Å². The number of rotatable bonds is 6. The number of anilines is 3. The van der Waals surface area contributed by atoms with Gasteiger partial charge in [0, 0.05) is 24.6 Å². The predicted octanol–water partition coefficient (Wildman–Crippen LogP) is 2.45. The molecule has 2 aromatic rings. The molecule has 4 N–H and O–H groups in total. The number of nitrogens with zero attached hydrogens (tertiary/aromatic N) is 2. The maximum Gasteiger partial charge on any atom is 0.387 e. The van der Waals surface area contributed by atoms with Gasteiger partial charge in [-0.1, -0.05) is 0 Å². The number of hydrogen-bond acceptors (Lipinski definition) is 7. The van der Waals surface area contributed by atoms with Gasteiger partial charge >= 0.3 is 6.61 Å². The molecule has 0 unspecified atom stereocenters. The lowest BCUT2D eigenvalue weighted by Gasteiger charge is -2.32. The van der Waals surface area contributed by atoms with Crippen molar-refractivity contribution in [3.63, 3.8) is 0 Å². The minimum atomic E-state index is -3.04. The molecule has 0 bridgehead atoms. The molecule has 0 amide bonds. The third-order valence-corrected chi connectivity index (χ3v) is 3.55. The van der Waals surface area contributed by atoms with E-state index in [9.17, 15) is 18.3 Å². The Hall–Kier alpha value is -2.75. The molecule has 134 valence electrons. The summed E-state index contributed by atoms with van der Waals surface area (Å²) in [5, 5.41) is 12.0. The number of hydrogen-bond donors (Lipinski definition) is 3. The summed E-state index contributed by atoms with van der Waals surface area (Å²) in [6.07, 6.45) is 1.05. The zero-order valence-corrected chi connectivity index (χ0v) is 12.8. The Labute approximate surface area is 140 Å². The van der Waals surface area contributed by atoms with E-state index in [1.165, 1.54) is 18.2 Å². The summed E-state index contributed by atoms with van der Waals surface area (Å²) in [5.41, 5.74) is 5.67. The number of alkyl halides is 2. The quantitative estimate of drug-likeness (QED) is 0.730. The lowest BCUT2D eigenvalue weighted by Crippen LogP contribution is -2.37. The summed E-state index contributed by atoms with van der Waals surface area (Å²) in [4.78, 5) is 7.39. The maximum absolute atomic E-state index is 13.1. The Kier molecular flexibility index (Phi) is 4.79. The average molecular weight is 356 g/mol. The second-order valence-corrected chi connectivity index (χ2v) is 5.46. The largest absolute Gasteiger partial charge is 0.486 e. The fourth-order valence-electron chi connectivity index (χ4n) is 2.25. The Morgan fingerprint density at radius 2 is 2.04 bits per heavy atom. The molecule has 10 heteroatoms. The van der Waals surface area contributed by atoms with Crippen LogP contribution in [0.4, 0.5) is 30.6 Å². The van der Waals surface area contributed by atoms with Gasteiger partial charge in [0.1, 0.15) is 6.10 Å². The Balaban J connectivity index is 1.78. The fraction of sp³-hybridized carbons (Fsp3) is 0.333. The van der Waals surface area contributed by atoms with Gasteiger partial charge in [-0.15, -0.1) is 0 Å². The molecular formula is C15H15F3N4O3. The molecule has 3 rings (SSSR count). The second kappa shape index (κ2) is 7.01. The summed E-state index contributed by atoms with van der Waals surface area (Å²) in [6, 6.07) is 4.25. The van der Waals surface area contributed by atoms with E-state index in [-0.39, 0.29) is 29.4 Å². The van der Waals surface area contributed by atoms with Gasteiger partial charge in [-0.25, -0.2) is 9.37 Å². The molecule has 1 heterocycles. The van der Waals surface area contributed by atoms with Gasteiger partial charge in [0.15, 0.2) is 23.1 Å². The molecule has 1 aromatic heterocycles. The molecule has 0 atom stereocenters. The number of halogens is 3. The van der Waals surface area contributed by atoms with E-state index in [2.05, 4.69) is 20.0 Å². The summed E-state index contributed by atoms with van der Waals surface area (Å²) in [7, 11) is 0. The van der Waals surface area contributed by atoms with Gasteiger partial charge in [0.05, 0.1) is 12.3 Å². The predicted molar refractivity (Wildman–Crippen MR) is 82.4 cm³/mol. The van der Waals surface area contributed by atoms with Crippen molar-refractivity contribution in [2.45, 2.75) is 31.7 Å². The fourth-order valence-corrected chi connectivity index (χ4v) is 2.25. The summed E-state index contributed by atoms with van der Waals surface area (Å²) in [6.45, 7) is -3.04. The van der Waals surface area contributed by atoms with Crippen molar-refractivity contribution in [2.75, 3.05) is 11.1 Å². The van der Waals surface area contributed by atoms with E-state index in [0.29, 0.717) is 18.5 Å². The van der Waals surface area contributed by atoms with Crippen LogP contribution in [0.5, 0.6) is 11.5 Å². The van der Waals surface area contributed by atoms with Gasteiger partial charge in [-0.05, 0) is 12.1 Å². The Bertz CT molecular complexity index is 757.